The number of rotatable bonds is 3. The van der Waals surface area contributed by atoms with Gasteiger partial charge in [-0.3, -0.25) is 0 Å². The van der Waals surface area contributed by atoms with Gasteiger partial charge in [-0.05, 0) is 11.1 Å². The van der Waals surface area contributed by atoms with Gasteiger partial charge in [0.1, 0.15) is 5.60 Å². The van der Waals surface area contributed by atoms with Crippen LogP contribution < -0.4 is 0 Å². The topological polar surface area (TPSA) is 18.5 Å². The molecule has 3 heteroatoms. The van der Waals surface area contributed by atoms with Gasteiger partial charge >= 0.3 is 0 Å². The molecule has 0 bridgehead atoms. The predicted octanol–water partition coefficient (Wildman–Crippen LogP) is 3.78. The standard InChI is InChI=1S/C17H17IO2/c18-11-16-12-19-13-17(20-16,14-7-3-1-4-8-14)15-9-5-2-6-10-15/h1-10,16H,11-13H2/t16-/m0/s1. The van der Waals surface area contributed by atoms with E-state index >= 15 is 0 Å². The summed E-state index contributed by atoms with van der Waals surface area (Å²) in [6, 6.07) is 20.7. The number of hydrogen-bond donors (Lipinski definition) is 0. The highest BCUT2D eigenvalue weighted by Gasteiger charge is 2.41. The first kappa shape index (κ1) is 14.0. The van der Waals surface area contributed by atoms with Crippen LogP contribution in [-0.4, -0.2) is 23.7 Å². The SMILES string of the molecule is IC[C@H]1COCC(c2ccccc2)(c2ccccc2)O1. The summed E-state index contributed by atoms with van der Waals surface area (Å²) in [4.78, 5) is 0. The van der Waals surface area contributed by atoms with Crippen LogP contribution in [-0.2, 0) is 15.1 Å². The summed E-state index contributed by atoms with van der Waals surface area (Å²) < 4.78 is 13.3. The van der Waals surface area contributed by atoms with E-state index in [9.17, 15) is 0 Å². The third kappa shape index (κ3) is 2.62. The number of alkyl halides is 1. The second-order valence-electron chi connectivity index (χ2n) is 4.97. The maximum absolute atomic E-state index is 6.46. The van der Waals surface area contributed by atoms with Crippen LogP contribution in [0.25, 0.3) is 0 Å². The van der Waals surface area contributed by atoms with Crippen molar-refractivity contribution in [2.75, 3.05) is 17.6 Å². The van der Waals surface area contributed by atoms with Gasteiger partial charge in [0.15, 0.2) is 0 Å². The van der Waals surface area contributed by atoms with Crippen LogP contribution in [0.5, 0.6) is 0 Å². The van der Waals surface area contributed by atoms with E-state index < -0.39 is 5.60 Å². The third-order valence-corrected chi connectivity index (χ3v) is 4.61. The van der Waals surface area contributed by atoms with Crippen molar-refractivity contribution in [2.45, 2.75) is 11.7 Å². The average Bonchev–Trinajstić information content (AvgIpc) is 2.56. The van der Waals surface area contributed by atoms with Gasteiger partial charge in [0.05, 0.1) is 19.3 Å². The minimum atomic E-state index is -0.489. The van der Waals surface area contributed by atoms with E-state index in [-0.39, 0.29) is 6.10 Å². The van der Waals surface area contributed by atoms with Crippen LogP contribution in [0, 0.1) is 0 Å². The summed E-state index contributed by atoms with van der Waals surface area (Å²) in [7, 11) is 0. The molecule has 2 nitrogen and oxygen atoms in total. The van der Waals surface area contributed by atoms with E-state index in [2.05, 4.69) is 71.1 Å². The molecule has 0 saturated carbocycles. The molecule has 0 radical (unpaired) electrons. The van der Waals surface area contributed by atoms with E-state index in [1.54, 1.807) is 0 Å². The minimum absolute atomic E-state index is 0.129. The molecule has 1 aliphatic heterocycles. The Morgan fingerprint density at radius 2 is 1.50 bits per heavy atom. The Morgan fingerprint density at radius 1 is 0.950 bits per heavy atom. The Balaban J connectivity index is 2.08. The molecule has 2 aromatic rings. The van der Waals surface area contributed by atoms with Crippen molar-refractivity contribution in [2.24, 2.45) is 0 Å². The second-order valence-corrected chi connectivity index (χ2v) is 5.85. The summed E-state index contributed by atoms with van der Waals surface area (Å²) in [5.41, 5.74) is 1.82. The Hall–Kier alpha value is -0.910. The lowest BCUT2D eigenvalue weighted by atomic mass is 9.86. The minimum Gasteiger partial charge on any atom is -0.375 e. The molecule has 2 aromatic carbocycles. The van der Waals surface area contributed by atoms with Gasteiger partial charge in [0, 0.05) is 4.43 Å². The first-order valence-electron chi connectivity index (χ1n) is 6.78. The van der Waals surface area contributed by atoms with Crippen molar-refractivity contribution in [1.82, 2.24) is 0 Å². The van der Waals surface area contributed by atoms with Gasteiger partial charge in [-0.15, -0.1) is 0 Å². The molecule has 20 heavy (non-hydrogen) atoms. The molecule has 0 amide bonds. The van der Waals surface area contributed by atoms with Crippen molar-refractivity contribution in [3.05, 3.63) is 71.8 Å². The van der Waals surface area contributed by atoms with Crippen LogP contribution in [0.2, 0.25) is 0 Å². The quantitative estimate of drug-likeness (QED) is 0.596. The van der Waals surface area contributed by atoms with Gasteiger partial charge in [-0.2, -0.15) is 0 Å². The van der Waals surface area contributed by atoms with Crippen LogP contribution in [0.3, 0.4) is 0 Å². The maximum atomic E-state index is 6.46. The van der Waals surface area contributed by atoms with Crippen LogP contribution in [0.4, 0.5) is 0 Å². The van der Waals surface area contributed by atoms with Crippen molar-refractivity contribution in [3.8, 4) is 0 Å². The summed E-state index contributed by atoms with van der Waals surface area (Å²) in [6.07, 6.45) is 0.129. The molecule has 3 rings (SSSR count). The first-order chi connectivity index (χ1) is 9.85. The highest BCUT2D eigenvalue weighted by atomic mass is 127. The van der Waals surface area contributed by atoms with E-state index in [0.717, 1.165) is 15.6 Å². The molecule has 0 aliphatic carbocycles. The predicted molar refractivity (Wildman–Crippen MR) is 88.2 cm³/mol. The zero-order valence-electron chi connectivity index (χ0n) is 11.2. The number of benzene rings is 2. The Morgan fingerprint density at radius 3 is 2.00 bits per heavy atom. The molecule has 1 saturated heterocycles. The first-order valence-corrected chi connectivity index (χ1v) is 8.30. The molecule has 104 valence electrons. The third-order valence-electron chi connectivity index (χ3n) is 3.63. The van der Waals surface area contributed by atoms with E-state index in [4.69, 9.17) is 9.47 Å². The van der Waals surface area contributed by atoms with Crippen LogP contribution in [0.1, 0.15) is 11.1 Å². The van der Waals surface area contributed by atoms with Gasteiger partial charge < -0.3 is 9.47 Å². The molecule has 0 N–H and O–H groups in total. The molecular formula is C17H17IO2. The number of halogens is 1. The molecule has 0 spiro atoms. The van der Waals surface area contributed by atoms with Crippen molar-refractivity contribution >= 4 is 22.6 Å². The summed E-state index contributed by atoms with van der Waals surface area (Å²) in [5, 5.41) is 0. The second kappa shape index (κ2) is 6.24. The Kier molecular flexibility index (Phi) is 4.38. The van der Waals surface area contributed by atoms with Gasteiger partial charge in [0.2, 0.25) is 0 Å². The lowest BCUT2D eigenvalue weighted by molar-refractivity contribution is -0.175. The normalized spacial score (nSPS) is 21.6. The number of hydrogen-bond acceptors (Lipinski definition) is 2. The lowest BCUT2D eigenvalue weighted by Crippen LogP contribution is -2.46. The van der Waals surface area contributed by atoms with E-state index in [1.807, 2.05) is 12.1 Å². The largest absolute Gasteiger partial charge is 0.375 e. The molecule has 1 fully saturated rings. The molecule has 0 aromatic heterocycles. The maximum Gasteiger partial charge on any atom is 0.142 e. The highest BCUT2D eigenvalue weighted by Crippen LogP contribution is 2.37. The van der Waals surface area contributed by atoms with Gasteiger partial charge in [-0.1, -0.05) is 83.3 Å². The fraction of sp³-hybridized carbons (Fsp3) is 0.294. The Labute approximate surface area is 133 Å². The summed E-state index contributed by atoms with van der Waals surface area (Å²) >= 11 is 2.36. The molecular weight excluding hydrogens is 363 g/mol. The lowest BCUT2D eigenvalue weighted by Gasteiger charge is -2.41. The smallest absolute Gasteiger partial charge is 0.142 e. The van der Waals surface area contributed by atoms with E-state index in [0.29, 0.717) is 13.2 Å². The van der Waals surface area contributed by atoms with Crippen LogP contribution in [0.15, 0.2) is 60.7 Å². The monoisotopic (exact) mass is 380 g/mol. The average molecular weight is 380 g/mol. The molecule has 1 heterocycles. The van der Waals surface area contributed by atoms with Gasteiger partial charge in [-0.25, -0.2) is 0 Å². The number of ether oxygens (including phenoxy) is 2. The molecule has 0 unspecified atom stereocenters. The van der Waals surface area contributed by atoms with Gasteiger partial charge in [0.25, 0.3) is 0 Å². The summed E-state index contributed by atoms with van der Waals surface area (Å²) in [6.45, 7) is 1.23. The molecule has 1 aliphatic rings. The summed E-state index contributed by atoms with van der Waals surface area (Å²) in [5.74, 6) is 0. The van der Waals surface area contributed by atoms with E-state index in [1.165, 1.54) is 0 Å². The zero-order valence-corrected chi connectivity index (χ0v) is 13.3. The molecule has 1 atom stereocenters. The van der Waals surface area contributed by atoms with Crippen molar-refractivity contribution in [1.29, 1.82) is 0 Å². The fourth-order valence-electron chi connectivity index (χ4n) is 2.65. The van der Waals surface area contributed by atoms with Crippen molar-refractivity contribution in [3.63, 3.8) is 0 Å². The van der Waals surface area contributed by atoms with Crippen molar-refractivity contribution < 1.29 is 9.47 Å². The fourth-order valence-corrected chi connectivity index (χ4v) is 3.08. The zero-order chi connectivity index (χ0) is 13.8. The Bertz CT molecular complexity index is 502. The van der Waals surface area contributed by atoms with Crippen LogP contribution >= 0.6 is 22.6 Å². The highest BCUT2D eigenvalue weighted by molar-refractivity contribution is 14.1.